The standard InChI is InChI=1S/C28H36N4O4/c1-7-32-27(34)31-16-20-14-21(35-5)15-22(36-6)24(20)17(2)13-23(31)28(32)8-10-30(11-9-28)26(33)25-18(3)12-19(4)29-25/h12-15,17,29H,7-11,16H2,1-6H3/t17-/m0/s1. The van der Waals surface area contributed by atoms with Crippen molar-refractivity contribution in [3.8, 4) is 11.5 Å². The Morgan fingerprint density at radius 2 is 1.86 bits per heavy atom. The Morgan fingerprint density at radius 1 is 1.14 bits per heavy atom. The van der Waals surface area contributed by atoms with Gasteiger partial charge in [-0.1, -0.05) is 13.0 Å². The highest BCUT2D eigenvalue weighted by Crippen LogP contribution is 2.49. The average Bonchev–Trinajstić information content (AvgIpc) is 3.24. The fraction of sp³-hybridized carbons (Fsp3) is 0.500. The number of aromatic nitrogens is 1. The molecule has 3 aliphatic heterocycles. The Hall–Kier alpha value is -3.42. The summed E-state index contributed by atoms with van der Waals surface area (Å²) in [5.41, 5.74) is 5.39. The molecule has 2 saturated heterocycles. The molecule has 4 heterocycles. The first-order chi connectivity index (χ1) is 17.2. The van der Waals surface area contributed by atoms with Gasteiger partial charge in [0.1, 0.15) is 17.2 Å². The number of carbonyl (C=O) groups excluding carboxylic acids is 2. The molecule has 2 fully saturated rings. The molecule has 2 aromatic rings. The molecule has 1 aromatic carbocycles. The summed E-state index contributed by atoms with van der Waals surface area (Å²) in [7, 11) is 3.32. The van der Waals surface area contributed by atoms with E-state index in [1.807, 2.05) is 53.7 Å². The van der Waals surface area contributed by atoms with Gasteiger partial charge in [-0.05, 0) is 56.9 Å². The first-order valence-electron chi connectivity index (χ1n) is 12.8. The van der Waals surface area contributed by atoms with Crippen molar-refractivity contribution < 1.29 is 19.1 Å². The zero-order valence-electron chi connectivity index (χ0n) is 22.1. The number of aryl methyl sites for hydroxylation is 2. The number of fused-ring (bicyclic) bond motifs is 3. The van der Waals surface area contributed by atoms with Crippen LogP contribution in [0.25, 0.3) is 0 Å². The molecular formula is C28H36N4O4. The lowest BCUT2D eigenvalue weighted by molar-refractivity contribution is 0.0570. The fourth-order valence-electron chi connectivity index (χ4n) is 6.45. The number of carbonyl (C=O) groups is 2. The minimum atomic E-state index is -0.420. The lowest BCUT2D eigenvalue weighted by atomic mass is 9.82. The van der Waals surface area contributed by atoms with Gasteiger partial charge in [0.15, 0.2) is 0 Å². The zero-order valence-corrected chi connectivity index (χ0v) is 22.1. The minimum absolute atomic E-state index is 0.0289. The number of allylic oxidation sites excluding steroid dienone is 1. The third kappa shape index (κ3) is 3.57. The normalized spacial score (nSPS) is 20.7. The number of hydrogen-bond acceptors (Lipinski definition) is 4. The summed E-state index contributed by atoms with van der Waals surface area (Å²) in [5.74, 6) is 1.59. The number of likely N-dealkylation sites (N-methyl/N-ethyl adjacent to an activating group) is 1. The van der Waals surface area contributed by atoms with E-state index < -0.39 is 5.54 Å². The van der Waals surface area contributed by atoms with Crippen LogP contribution in [-0.4, -0.2) is 71.0 Å². The monoisotopic (exact) mass is 492 g/mol. The maximum Gasteiger partial charge on any atom is 0.325 e. The SMILES string of the molecule is CCN1C(=O)N2Cc3cc(OC)cc(OC)c3[C@@H](C)C=C2C12CCN(C(=O)c1[nH]c(C)cc1C)CC2. The van der Waals surface area contributed by atoms with Gasteiger partial charge in [0, 0.05) is 48.6 Å². The second-order valence-electron chi connectivity index (χ2n) is 10.2. The second-order valence-corrected chi connectivity index (χ2v) is 10.2. The summed E-state index contributed by atoms with van der Waals surface area (Å²) in [4.78, 5) is 36.1. The van der Waals surface area contributed by atoms with Crippen LogP contribution < -0.4 is 9.47 Å². The molecular weight excluding hydrogens is 456 g/mol. The number of urea groups is 1. The number of amides is 3. The number of nitrogens with one attached hydrogen (secondary N) is 1. The Balaban J connectivity index is 1.49. The Kier molecular flexibility index (Phi) is 6.01. The van der Waals surface area contributed by atoms with E-state index in [-0.39, 0.29) is 17.9 Å². The Bertz CT molecular complexity index is 1240. The average molecular weight is 493 g/mol. The predicted octanol–water partition coefficient (Wildman–Crippen LogP) is 4.58. The fourth-order valence-corrected chi connectivity index (χ4v) is 6.45. The molecule has 0 aliphatic carbocycles. The van der Waals surface area contributed by atoms with E-state index in [1.165, 1.54) is 0 Å². The number of piperidine rings is 1. The number of likely N-dealkylation sites (tertiary alicyclic amines) is 1. The summed E-state index contributed by atoms with van der Waals surface area (Å²) in [6.45, 7) is 10.4. The molecule has 36 heavy (non-hydrogen) atoms. The van der Waals surface area contributed by atoms with E-state index in [0.717, 1.165) is 39.6 Å². The molecule has 8 nitrogen and oxygen atoms in total. The number of aromatic amines is 1. The smallest absolute Gasteiger partial charge is 0.325 e. The molecule has 3 amide bonds. The van der Waals surface area contributed by atoms with Crippen LogP contribution in [0.5, 0.6) is 11.5 Å². The van der Waals surface area contributed by atoms with Crippen LogP contribution in [0.1, 0.15) is 65.5 Å². The van der Waals surface area contributed by atoms with Crippen molar-refractivity contribution in [2.75, 3.05) is 33.9 Å². The lowest BCUT2D eigenvalue weighted by Crippen LogP contribution is -2.54. The number of nitrogens with zero attached hydrogens (tertiary/aromatic N) is 3. The van der Waals surface area contributed by atoms with Crippen LogP contribution in [-0.2, 0) is 6.54 Å². The molecule has 0 saturated carbocycles. The van der Waals surface area contributed by atoms with Crippen molar-refractivity contribution in [3.63, 3.8) is 0 Å². The topological polar surface area (TPSA) is 78.1 Å². The van der Waals surface area contributed by atoms with Gasteiger partial charge in [0.25, 0.3) is 5.91 Å². The van der Waals surface area contributed by atoms with Gasteiger partial charge in [-0.15, -0.1) is 0 Å². The third-order valence-electron chi connectivity index (χ3n) is 8.15. The zero-order chi connectivity index (χ0) is 25.8. The van der Waals surface area contributed by atoms with Gasteiger partial charge in [-0.25, -0.2) is 4.79 Å². The molecule has 0 bridgehead atoms. The number of hydrogen-bond donors (Lipinski definition) is 1. The number of benzene rings is 1. The quantitative estimate of drug-likeness (QED) is 0.678. The van der Waals surface area contributed by atoms with E-state index in [4.69, 9.17) is 9.47 Å². The summed E-state index contributed by atoms with van der Waals surface area (Å²) in [6.07, 6.45) is 3.66. The van der Waals surface area contributed by atoms with Crippen LogP contribution in [0.2, 0.25) is 0 Å². The maximum atomic E-state index is 13.8. The number of ether oxygens (including phenoxy) is 2. The van der Waals surface area contributed by atoms with Crippen LogP contribution in [0.15, 0.2) is 30.0 Å². The molecule has 5 rings (SSSR count). The predicted molar refractivity (Wildman–Crippen MR) is 137 cm³/mol. The summed E-state index contributed by atoms with van der Waals surface area (Å²) in [6, 6.07) is 5.96. The van der Waals surface area contributed by atoms with Crippen molar-refractivity contribution >= 4 is 11.9 Å². The highest BCUT2D eigenvalue weighted by atomic mass is 16.5. The first kappa shape index (κ1) is 24.3. The van der Waals surface area contributed by atoms with E-state index in [0.29, 0.717) is 44.7 Å². The van der Waals surface area contributed by atoms with Crippen molar-refractivity contribution in [3.05, 3.63) is 58.1 Å². The maximum absolute atomic E-state index is 13.8. The third-order valence-corrected chi connectivity index (χ3v) is 8.15. The van der Waals surface area contributed by atoms with Crippen molar-refractivity contribution in [2.24, 2.45) is 0 Å². The molecule has 1 aromatic heterocycles. The molecule has 192 valence electrons. The molecule has 0 unspecified atom stereocenters. The van der Waals surface area contributed by atoms with Crippen molar-refractivity contribution in [1.29, 1.82) is 0 Å². The molecule has 1 atom stereocenters. The summed E-state index contributed by atoms with van der Waals surface area (Å²) in [5, 5.41) is 0. The first-order valence-corrected chi connectivity index (χ1v) is 12.8. The molecule has 3 aliphatic rings. The number of methoxy groups -OCH3 is 2. The van der Waals surface area contributed by atoms with Gasteiger partial charge in [0.05, 0.1) is 26.3 Å². The van der Waals surface area contributed by atoms with Crippen LogP contribution in [0.4, 0.5) is 4.79 Å². The van der Waals surface area contributed by atoms with Crippen molar-refractivity contribution in [1.82, 2.24) is 19.7 Å². The molecule has 0 radical (unpaired) electrons. The number of H-pyrrole nitrogens is 1. The lowest BCUT2D eigenvalue weighted by Gasteiger charge is -2.44. The van der Waals surface area contributed by atoms with E-state index in [2.05, 4.69) is 18.0 Å². The molecule has 1 spiro atoms. The van der Waals surface area contributed by atoms with E-state index in [1.54, 1.807) is 14.2 Å². The highest BCUT2D eigenvalue weighted by molar-refractivity contribution is 5.94. The van der Waals surface area contributed by atoms with Gasteiger partial charge in [-0.3, -0.25) is 9.69 Å². The van der Waals surface area contributed by atoms with E-state index >= 15 is 0 Å². The Labute approximate surface area is 212 Å². The highest BCUT2D eigenvalue weighted by Gasteiger charge is 2.55. The van der Waals surface area contributed by atoms with Gasteiger partial charge in [0.2, 0.25) is 0 Å². The molecule has 1 N–H and O–H groups in total. The van der Waals surface area contributed by atoms with Gasteiger partial charge in [-0.2, -0.15) is 0 Å². The Morgan fingerprint density at radius 3 is 2.44 bits per heavy atom. The van der Waals surface area contributed by atoms with Crippen LogP contribution in [0.3, 0.4) is 0 Å². The summed E-state index contributed by atoms with van der Waals surface area (Å²) >= 11 is 0. The largest absolute Gasteiger partial charge is 0.497 e. The van der Waals surface area contributed by atoms with Crippen LogP contribution in [0, 0.1) is 13.8 Å². The van der Waals surface area contributed by atoms with E-state index in [9.17, 15) is 9.59 Å². The van der Waals surface area contributed by atoms with Crippen molar-refractivity contribution in [2.45, 2.75) is 58.5 Å². The minimum Gasteiger partial charge on any atom is -0.497 e. The summed E-state index contributed by atoms with van der Waals surface area (Å²) < 4.78 is 11.3. The van der Waals surface area contributed by atoms with Gasteiger partial charge >= 0.3 is 6.03 Å². The van der Waals surface area contributed by atoms with Crippen LogP contribution >= 0.6 is 0 Å². The number of rotatable bonds is 4. The molecule has 8 heteroatoms. The second kappa shape index (κ2) is 8.91. The van der Waals surface area contributed by atoms with Gasteiger partial charge < -0.3 is 24.3 Å².